The van der Waals surface area contributed by atoms with E-state index in [0.717, 1.165) is 18.2 Å². The molecule has 1 aromatic heterocycles. The summed E-state index contributed by atoms with van der Waals surface area (Å²) in [5, 5.41) is 8.76. The zero-order valence-corrected chi connectivity index (χ0v) is 9.02. The van der Waals surface area contributed by atoms with Gasteiger partial charge in [-0.2, -0.15) is 0 Å². The van der Waals surface area contributed by atoms with Gasteiger partial charge in [-0.1, -0.05) is 0 Å². The SMILES string of the molecule is Nc1ccc(-c2nc(C(=O)O)ccc2F)c(F)c1. The van der Waals surface area contributed by atoms with Gasteiger partial charge in [0, 0.05) is 11.3 Å². The molecule has 6 heteroatoms. The number of nitrogens with zero attached hydrogens (tertiary/aromatic N) is 1. The van der Waals surface area contributed by atoms with Crippen molar-refractivity contribution in [2.75, 3.05) is 5.73 Å². The van der Waals surface area contributed by atoms with Gasteiger partial charge in [0.25, 0.3) is 0 Å². The monoisotopic (exact) mass is 250 g/mol. The predicted molar refractivity (Wildman–Crippen MR) is 61.0 cm³/mol. The summed E-state index contributed by atoms with van der Waals surface area (Å²) in [5.41, 5.74) is 4.71. The number of carboxylic acids is 1. The van der Waals surface area contributed by atoms with E-state index in [4.69, 9.17) is 10.8 Å². The maximum absolute atomic E-state index is 13.6. The number of carbonyl (C=O) groups is 1. The van der Waals surface area contributed by atoms with Crippen LogP contribution in [0, 0.1) is 11.6 Å². The van der Waals surface area contributed by atoms with E-state index < -0.39 is 17.6 Å². The number of carboxylic acid groups (broad SMARTS) is 1. The largest absolute Gasteiger partial charge is 0.477 e. The van der Waals surface area contributed by atoms with Crippen molar-refractivity contribution in [1.82, 2.24) is 4.98 Å². The summed E-state index contributed by atoms with van der Waals surface area (Å²) < 4.78 is 27.2. The second kappa shape index (κ2) is 4.40. The van der Waals surface area contributed by atoms with Crippen LogP contribution >= 0.6 is 0 Å². The third-order valence-corrected chi connectivity index (χ3v) is 2.31. The third kappa shape index (κ3) is 2.13. The molecule has 0 unspecified atom stereocenters. The van der Waals surface area contributed by atoms with E-state index in [9.17, 15) is 13.6 Å². The predicted octanol–water partition coefficient (Wildman–Crippen LogP) is 2.31. The second-order valence-electron chi connectivity index (χ2n) is 3.57. The van der Waals surface area contributed by atoms with Crippen LogP contribution in [0.3, 0.4) is 0 Å². The molecule has 0 aliphatic rings. The van der Waals surface area contributed by atoms with Crippen LogP contribution in [0.15, 0.2) is 30.3 Å². The maximum atomic E-state index is 13.6. The third-order valence-electron chi connectivity index (χ3n) is 2.31. The lowest BCUT2D eigenvalue weighted by Crippen LogP contribution is -2.03. The highest BCUT2D eigenvalue weighted by Gasteiger charge is 2.15. The molecular formula is C12H8F2N2O2. The van der Waals surface area contributed by atoms with Gasteiger partial charge in [-0.15, -0.1) is 0 Å². The Bertz CT molecular complexity index is 629. The number of nitrogen functional groups attached to an aromatic ring is 1. The molecule has 4 nitrogen and oxygen atoms in total. The van der Waals surface area contributed by atoms with Gasteiger partial charge in [-0.05, 0) is 30.3 Å². The minimum atomic E-state index is -1.31. The fourth-order valence-electron chi connectivity index (χ4n) is 1.47. The van der Waals surface area contributed by atoms with Crippen molar-refractivity contribution in [2.45, 2.75) is 0 Å². The van der Waals surface area contributed by atoms with Crippen molar-refractivity contribution in [3.05, 3.63) is 47.7 Å². The Hall–Kier alpha value is -2.50. The molecule has 1 heterocycles. The lowest BCUT2D eigenvalue weighted by molar-refractivity contribution is 0.0690. The fourth-order valence-corrected chi connectivity index (χ4v) is 1.47. The number of anilines is 1. The summed E-state index contributed by atoms with van der Waals surface area (Å²) in [6.45, 7) is 0. The van der Waals surface area contributed by atoms with E-state index in [0.29, 0.717) is 0 Å². The molecule has 0 radical (unpaired) electrons. The van der Waals surface area contributed by atoms with E-state index in [2.05, 4.69) is 4.98 Å². The number of aromatic nitrogens is 1. The molecule has 0 aliphatic carbocycles. The van der Waals surface area contributed by atoms with Gasteiger partial charge in [0.05, 0.1) is 0 Å². The minimum absolute atomic E-state index is 0.134. The van der Waals surface area contributed by atoms with Crippen molar-refractivity contribution in [3.63, 3.8) is 0 Å². The summed E-state index contributed by atoms with van der Waals surface area (Å²) in [6, 6.07) is 5.59. The number of hydrogen-bond donors (Lipinski definition) is 2. The number of halogens is 2. The molecule has 2 rings (SSSR count). The molecule has 0 atom stereocenters. The highest BCUT2D eigenvalue weighted by Crippen LogP contribution is 2.25. The maximum Gasteiger partial charge on any atom is 0.354 e. The average molecular weight is 250 g/mol. The zero-order chi connectivity index (χ0) is 13.3. The van der Waals surface area contributed by atoms with Crippen molar-refractivity contribution in [1.29, 1.82) is 0 Å². The molecule has 0 saturated heterocycles. The van der Waals surface area contributed by atoms with Crippen LogP contribution in [0.5, 0.6) is 0 Å². The normalized spacial score (nSPS) is 10.3. The van der Waals surface area contributed by atoms with Crippen molar-refractivity contribution in [3.8, 4) is 11.3 Å². The Labute approximate surface area is 101 Å². The molecule has 0 spiro atoms. The van der Waals surface area contributed by atoms with Crippen LogP contribution in [0.25, 0.3) is 11.3 Å². The standard InChI is InChI=1S/C12H8F2N2O2/c13-8-3-4-10(12(17)18)16-11(8)7-2-1-6(15)5-9(7)14/h1-5H,15H2,(H,17,18). The molecule has 0 saturated carbocycles. The lowest BCUT2D eigenvalue weighted by atomic mass is 10.1. The molecule has 1 aromatic carbocycles. The van der Waals surface area contributed by atoms with Gasteiger partial charge in [-0.25, -0.2) is 18.6 Å². The number of aromatic carboxylic acids is 1. The first kappa shape index (κ1) is 12.0. The van der Waals surface area contributed by atoms with E-state index in [1.54, 1.807) is 0 Å². The van der Waals surface area contributed by atoms with E-state index in [1.807, 2.05) is 0 Å². The Balaban J connectivity index is 2.62. The first-order chi connectivity index (χ1) is 8.49. The molecule has 0 amide bonds. The van der Waals surface area contributed by atoms with Gasteiger partial charge in [-0.3, -0.25) is 0 Å². The van der Waals surface area contributed by atoms with Gasteiger partial charge < -0.3 is 10.8 Å². The first-order valence-electron chi connectivity index (χ1n) is 4.94. The molecule has 18 heavy (non-hydrogen) atoms. The minimum Gasteiger partial charge on any atom is -0.477 e. The van der Waals surface area contributed by atoms with Crippen LogP contribution in [0.4, 0.5) is 14.5 Å². The highest BCUT2D eigenvalue weighted by molar-refractivity contribution is 5.86. The number of nitrogens with two attached hydrogens (primary N) is 1. The molecule has 0 fully saturated rings. The quantitative estimate of drug-likeness (QED) is 0.802. The smallest absolute Gasteiger partial charge is 0.354 e. The second-order valence-corrected chi connectivity index (χ2v) is 3.57. The number of rotatable bonds is 2. The fraction of sp³-hybridized carbons (Fsp3) is 0. The molecular weight excluding hydrogens is 242 g/mol. The average Bonchev–Trinajstić information content (AvgIpc) is 2.30. The van der Waals surface area contributed by atoms with Crippen LogP contribution in [-0.2, 0) is 0 Å². The zero-order valence-electron chi connectivity index (χ0n) is 9.02. The van der Waals surface area contributed by atoms with Crippen LogP contribution in [-0.4, -0.2) is 16.1 Å². The lowest BCUT2D eigenvalue weighted by Gasteiger charge is -2.06. The molecule has 0 aliphatic heterocycles. The van der Waals surface area contributed by atoms with Crippen molar-refractivity contribution in [2.24, 2.45) is 0 Å². The Morgan fingerprint density at radius 3 is 2.50 bits per heavy atom. The molecule has 0 bridgehead atoms. The van der Waals surface area contributed by atoms with E-state index in [1.165, 1.54) is 12.1 Å². The van der Waals surface area contributed by atoms with Crippen molar-refractivity contribution >= 4 is 11.7 Å². The Kier molecular flexibility index (Phi) is 2.93. The first-order valence-corrected chi connectivity index (χ1v) is 4.94. The van der Waals surface area contributed by atoms with Crippen molar-refractivity contribution < 1.29 is 18.7 Å². The van der Waals surface area contributed by atoms with Gasteiger partial charge in [0.2, 0.25) is 0 Å². The van der Waals surface area contributed by atoms with Gasteiger partial charge in [0.1, 0.15) is 23.0 Å². The number of hydrogen-bond acceptors (Lipinski definition) is 3. The summed E-state index contributed by atoms with van der Waals surface area (Å²) in [4.78, 5) is 14.3. The van der Waals surface area contributed by atoms with Crippen LogP contribution in [0.2, 0.25) is 0 Å². The van der Waals surface area contributed by atoms with Crippen LogP contribution < -0.4 is 5.73 Å². The summed E-state index contributed by atoms with van der Waals surface area (Å²) in [7, 11) is 0. The topological polar surface area (TPSA) is 76.2 Å². The van der Waals surface area contributed by atoms with Gasteiger partial charge in [0.15, 0.2) is 0 Å². The summed E-state index contributed by atoms with van der Waals surface area (Å²) >= 11 is 0. The highest BCUT2D eigenvalue weighted by atomic mass is 19.1. The Morgan fingerprint density at radius 1 is 1.17 bits per heavy atom. The van der Waals surface area contributed by atoms with E-state index in [-0.39, 0.29) is 22.6 Å². The molecule has 92 valence electrons. The molecule has 3 N–H and O–H groups in total. The summed E-state index contributed by atoms with van der Waals surface area (Å²) in [5.74, 6) is -2.88. The summed E-state index contributed by atoms with van der Waals surface area (Å²) in [6.07, 6.45) is 0. The number of benzene rings is 1. The Morgan fingerprint density at radius 2 is 1.89 bits per heavy atom. The number of pyridine rings is 1. The van der Waals surface area contributed by atoms with Crippen LogP contribution in [0.1, 0.15) is 10.5 Å². The van der Waals surface area contributed by atoms with E-state index >= 15 is 0 Å². The van der Waals surface area contributed by atoms with Gasteiger partial charge >= 0.3 is 5.97 Å². The molecule has 2 aromatic rings.